The Morgan fingerprint density at radius 1 is 1.46 bits per heavy atom. The van der Waals surface area contributed by atoms with E-state index in [1.165, 1.54) is 4.90 Å². The molecule has 1 aromatic heterocycles. The van der Waals surface area contributed by atoms with Gasteiger partial charge in [0.05, 0.1) is 0 Å². The van der Waals surface area contributed by atoms with Crippen LogP contribution in [0.4, 0.5) is 0 Å². The summed E-state index contributed by atoms with van der Waals surface area (Å²) in [5, 5.41) is 12.1. The average molecular weight is 228 g/mol. The minimum atomic E-state index is 0.331. The summed E-state index contributed by atoms with van der Waals surface area (Å²) in [6, 6.07) is 4.05. The van der Waals surface area contributed by atoms with Gasteiger partial charge in [-0.05, 0) is 18.4 Å². The molecule has 0 aliphatic rings. The molecule has 0 aliphatic heterocycles. The average Bonchev–Trinajstić information content (AvgIpc) is 2.48. The van der Waals surface area contributed by atoms with E-state index in [9.17, 15) is 5.11 Å². The molecule has 0 amide bonds. The third-order valence-electron chi connectivity index (χ3n) is 1.84. The van der Waals surface area contributed by atoms with E-state index < -0.39 is 0 Å². The van der Waals surface area contributed by atoms with Crippen LogP contribution in [0.25, 0.3) is 10.1 Å². The number of benzene rings is 1. The Bertz CT molecular complexity index is 447. The van der Waals surface area contributed by atoms with Crippen molar-refractivity contribution >= 4 is 45.8 Å². The first kappa shape index (κ1) is 9.24. The first-order chi connectivity index (χ1) is 6.22. The minimum absolute atomic E-state index is 0.331. The lowest BCUT2D eigenvalue weighted by Gasteiger charge is -2.00. The van der Waals surface area contributed by atoms with Crippen LogP contribution >= 0.6 is 35.7 Å². The smallest absolute Gasteiger partial charge is 0.135 e. The summed E-state index contributed by atoms with van der Waals surface area (Å²) in [4.78, 5) is 2.03. The van der Waals surface area contributed by atoms with Gasteiger partial charge in [0.1, 0.15) is 5.75 Å². The van der Waals surface area contributed by atoms with Crippen LogP contribution in [0.2, 0.25) is 0 Å². The van der Waals surface area contributed by atoms with E-state index >= 15 is 0 Å². The van der Waals surface area contributed by atoms with Gasteiger partial charge in [0.15, 0.2) is 0 Å². The molecule has 0 atom stereocenters. The van der Waals surface area contributed by atoms with E-state index in [2.05, 4.69) is 18.7 Å². The van der Waals surface area contributed by atoms with Crippen LogP contribution in [0.5, 0.6) is 5.75 Å². The Morgan fingerprint density at radius 3 is 2.92 bits per heavy atom. The molecule has 0 spiro atoms. The molecule has 4 heteroatoms. The number of rotatable bonds is 1. The second kappa shape index (κ2) is 3.44. The van der Waals surface area contributed by atoms with Gasteiger partial charge in [-0.1, -0.05) is 0 Å². The monoisotopic (exact) mass is 228 g/mol. The first-order valence-corrected chi connectivity index (χ1v) is 6.24. The largest absolute Gasteiger partial charge is 0.506 e. The topological polar surface area (TPSA) is 20.2 Å². The van der Waals surface area contributed by atoms with Crippen molar-refractivity contribution in [3.63, 3.8) is 0 Å². The predicted octanol–water partition coefficient (Wildman–Crippen LogP) is 3.62. The van der Waals surface area contributed by atoms with Gasteiger partial charge in [0.2, 0.25) is 0 Å². The summed E-state index contributed by atoms with van der Waals surface area (Å²) in [6.07, 6.45) is 2.03. The van der Waals surface area contributed by atoms with Crippen LogP contribution < -0.4 is 0 Å². The lowest BCUT2D eigenvalue weighted by atomic mass is 10.2. The molecule has 0 radical (unpaired) electrons. The molecular formula is C9H8OS3. The molecule has 68 valence electrons. The quantitative estimate of drug-likeness (QED) is 0.574. The molecule has 0 unspecified atom stereocenters. The number of thiophene rings is 1. The summed E-state index contributed by atoms with van der Waals surface area (Å²) < 4.78 is 1.09. The van der Waals surface area contributed by atoms with E-state index in [1.54, 1.807) is 28.5 Å². The van der Waals surface area contributed by atoms with Crippen molar-refractivity contribution in [1.29, 1.82) is 0 Å². The molecule has 0 saturated carbocycles. The van der Waals surface area contributed by atoms with Gasteiger partial charge >= 0.3 is 0 Å². The first-order valence-electron chi connectivity index (χ1n) is 3.69. The molecule has 13 heavy (non-hydrogen) atoms. The molecule has 0 aliphatic carbocycles. The predicted molar refractivity (Wildman–Crippen MR) is 62.5 cm³/mol. The second-order valence-corrected chi connectivity index (χ2v) is 4.91. The molecule has 1 aromatic carbocycles. The van der Waals surface area contributed by atoms with E-state index in [4.69, 9.17) is 0 Å². The fourth-order valence-corrected chi connectivity index (χ4v) is 3.19. The van der Waals surface area contributed by atoms with Crippen LogP contribution in [-0.2, 0) is 0 Å². The maximum absolute atomic E-state index is 9.51. The van der Waals surface area contributed by atoms with Crippen LogP contribution in [-0.4, -0.2) is 11.4 Å². The van der Waals surface area contributed by atoms with Crippen molar-refractivity contribution in [2.75, 3.05) is 6.26 Å². The number of aromatic hydroxyl groups is 1. The van der Waals surface area contributed by atoms with Crippen molar-refractivity contribution in [2.24, 2.45) is 0 Å². The SMILES string of the molecule is CSc1cc(S)c2c(O)csc2c1. The molecule has 2 aromatic rings. The Labute approximate surface area is 90.2 Å². The van der Waals surface area contributed by atoms with Crippen LogP contribution in [0.1, 0.15) is 0 Å². The fraction of sp³-hybridized carbons (Fsp3) is 0.111. The molecule has 0 fully saturated rings. The van der Waals surface area contributed by atoms with Crippen molar-refractivity contribution < 1.29 is 5.11 Å². The molecule has 1 nitrogen and oxygen atoms in total. The van der Waals surface area contributed by atoms with Gasteiger partial charge < -0.3 is 5.11 Å². The number of hydrogen-bond acceptors (Lipinski definition) is 4. The highest BCUT2D eigenvalue weighted by molar-refractivity contribution is 7.98. The van der Waals surface area contributed by atoms with E-state index in [0.29, 0.717) is 5.75 Å². The van der Waals surface area contributed by atoms with Crippen molar-refractivity contribution in [2.45, 2.75) is 9.79 Å². The molecule has 1 N–H and O–H groups in total. The van der Waals surface area contributed by atoms with Gasteiger partial charge in [-0.3, -0.25) is 0 Å². The molecule has 1 heterocycles. The molecule has 0 saturated heterocycles. The standard InChI is InChI=1S/C9H8OS3/c1-12-5-2-7(11)9-6(10)4-13-8(9)3-5/h2-4,10-11H,1H3. The summed E-state index contributed by atoms with van der Waals surface area (Å²) in [7, 11) is 0. The lowest BCUT2D eigenvalue weighted by Crippen LogP contribution is -1.72. The maximum atomic E-state index is 9.51. The third kappa shape index (κ3) is 1.54. The Kier molecular flexibility index (Phi) is 2.45. The number of fused-ring (bicyclic) bond motifs is 1. The third-order valence-corrected chi connectivity index (χ3v) is 3.82. The Hall–Kier alpha value is -0.320. The van der Waals surface area contributed by atoms with Crippen LogP contribution in [0.3, 0.4) is 0 Å². The summed E-state index contributed by atoms with van der Waals surface area (Å²) in [5.41, 5.74) is 0. The highest BCUT2D eigenvalue weighted by Crippen LogP contribution is 2.38. The van der Waals surface area contributed by atoms with Crippen molar-refractivity contribution in [3.05, 3.63) is 17.5 Å². The lowest BCUT2D eigenvalue weighted by molar-refractivity contribution is 0.483. The fourth-order valence-electron chi connectivity index (χ4n) is 1.22. The zero-order chi connectivity index (χ0) is 9.42. The zero-order valence-electron chi connectivity index (χ0n) is 6.94. The van der Waals surface area contributed by atoms with Gasteiger partial charge in [-0.25, -0.2) is 0 Å². The van der Waals surface area contributed by atoms with Gasteiger partial charge in [0, 0.05) is 25.3 Å². The Morgan fingerprint density at radius 2 is 2.23 bits per heavy atom. The molecule has 0 bridgehead atoms. The number of thiol groups is 1. The highest BCUT2D eigenvalue weighted by atomic mass is 32.2. The zero-order valence-corrected chi connectivity index (χ0v) is 9.47. The van der Waals surface area contributed by atoms with Gasteiger partial charge in [-0.2, -0.15) is 0 Å². The van der Waals surface area contributed by atoms with Crippen molar-refractivity contribution in [1.82, 2.24) is 0 Å². The number of thioether (sulfide) groups is 1. The maximum Gasteiger partial charge on any atom is 0.135 e. The van der Waals surface area contributed by atoms with Crippen LogP contribution in [0.15, 0.2) is 27.3 Å². The summed E-state index contributed by atoms with van der Waals surface area (Å²) in [6.45, 7) is 0. The van der Waals surface area contributed by atoms with E-state index in [0.717, 1.165) is 15.0 Å². The van der Waals surface area contributed by atoms with Crippen LogP contribution in [0, 0.1) is 0 Å². The summed E-state index contributed by atoms with van der Waals surface area (Å²) in [5.74, 6) is 0.331. The Balaban J connectivity index is 2.79. The minimum Gasteiger partial charge on any atom is -0.506 e. The van der Waals surface area contributed by atoms with Gasteiger partial charge in [0.25, 0.3) is 0 Å². The van der Waals surface area contributed by atoms with Crippen molar-refractivity contribution in [3.8, 4) is 5.75 Å². The second-order valence-electron chi connectivity index (χ2n) is 2.64. The highest BCUT2D eigenvalue weighted by Gasteiger charge is 2.07. The normalized spacial score (nSPS) is 10.9. The molecular weight excluding hydrogens is 220 g/mol. The van der Waals surface area contributed by atoms with E-state index in [1.807, 2.05) is 12.3 Å². The summed E-state index contributed by atoms with van der Waals surface area (Å²) >= 11 is 7.57. The number of hydrogen-bond donors (Lipinski definition) is 2. The van der Waals surface area contributed by atoms with E-state index in [-0.39, 0.29) is 0 Å². The van der Waals surface area contributed by atoms with Gasteiger partial charge in [-0.15, -0.1) is 35.7 Å². The molecule has 2 rings (SSSR count).